The van der Waals surface area contributed by atoms with Crippen molar-refractivity contribution in [3.8, 4) is 56.3 Å². The molecule has 5 aromatic heterocycles. The van der Waals surface area contributed by atoms with E-state index < -0.39 is 0 Å². The number of aryl methyl sites for hydroxylation is 2. The molecule has 0 radical (unpaired) electrons. The molecule has 88 heavy (non-hydrogen) atoms. The van der Waals surface area contributed by atoms with Crippen molar-refractivity contribution < 1.29 is 9.59 Å². The summed E-state index contributed by atoms with van der Waals surface area (Å²) in [6.45, 7) is 4.80. The van der Waals surface area contributed by atoms with Gasteiger partial charge in [-0.25, -0.2) is 24.9 Å². The molecular formula is C71H79Cl2IN12O2. The van der Waals surface area contributed by atoms with Gasteiger partial charge in [-0.1, -0.05) is 273 Å². The summed E-state index contributed by atoms with van der Waals surface area (Å²) in [6.07, 6.45) is 10.6. The Morgan fingerprint density at radius 1 is 0.534 bits per heavy atom. The van der Waals surface area contributed by atoms with E-state index in [1.165, 1.54) is 16.7 Å². The summed E-state index contributed by atoms with van der Waals surface area (Å²) in [5, 5.41) is 4.65. The molecule has 7 aromatic carbocycles. The molecule has 0 spiro atoms. The van der Waals surface area contributed by atoms with Crippen molar-refractivity contribution in [3.05, 3.63) is 282 Å². The molecule has 0 fully saturated rings. The number of hydrogen-bond acceptors (Lipinski definition) is 9. The van der Waals surface area contributed by atoms with Crippen LogP contribution >= 0.6 is 45.8 Å². The highest BCUT2D eigenvalue weighted by molar-refractivity contribution is 14.1. The Bertz CT molecular complexity index is 3820. The number of alkyl halides is 1. The van der Waals surface area contributed by atoms with Gasteiger partial charge in [0.1, 0.15) is 27.5 Å². The van der Waals surface area contributed by atoms with Gasteiger partial charge >= 0.3 is 0 Å². The second-order valence-electron chi connectivity index (χ2n) is 19.2. The van der Waals surface area contributed by atoms with E-state index >= 15 is 0 Å². The average Bonchev–Trinajstić information content (AvgIpc) is 2.50. The fourth-order valence-electron chi connectivity index (χ4n) is 8.24. The SMILES string of the molecule is C.C.CC(NCc1nc(-c2ccccc2)c(Cl)n1C)c1ccccc1.CI.C[C@@H](N)c1ccccc1.Cn1c(C=O)nc(-c2ccccc2)c1Cl.Cn1cc(-c2ccccc2)nc1C=O.Cn1cnc(-c2ccccc2)c1.c1ccc(-c2cnc[nH]2)cc1. The van der Waals surface area contributed by atoms with Crippen molar-refractivity contribution in [1.82, 2.24) is 53.5 Å². The van der Waals surface area contributed by atoms with Crippen LogP contribution in [0.4, 0.5) is 0 Å². The lowest BCUT2D eigenvalue weighted by Crippen LogP contribution is -2.20. The van der Waals surface area contributed by atoms with Crippen LogP contribution in [-0.2, 0) is 34.7 Å². The van der Waals surface area contributed by atoms with Crippen LogP contribution in [-0.4, -0.2) is 65.7 Å². The second kappa shape index (κ2) is 38.3. The van der Waals surface area contributed by atoms with Crippen LogP contribution in [0, 0.1) is 0 Å². The average molecular weight is 1330 g/mol. The molecule has 12 rings (SSSR count). The fraction of sp³-hybridized carbons (Fsp3) is 0.169. The van der Waals surface area contributed by atoms with Crippen LogP contribution in [0.5, 0.6) is 0 Å². The normalized spacial score (nSPS) is 10.6. The van der Waals surface area contributed by atoms with Crippen molar-refractivity contribution in [2.45, 2.75) is 47.3 Å². The minimum absolute atomic E-state index is 0. The van der Waals surface area contributed by atoms with Gasteiger partial charge in [0.25, 0.3) is 0 Å². The topological polar surface area (TPSA) is 172 Å². The van der Waals surface area contributed by atoms with Gasteiger partial charge in [-0.2, -0.15) is 0 Å². The second-order valence-corrected chi connectivity index (χ2v) is 19.9. The molecule has 0 saturated heterocycles. The molecule has 1 unspecified atom stereocenters. The number of nitrogens with two attached hydrogens (primary N) is 1. The maximum absolute atomic E-state index is 10.7. The number of nitrogens with one attached hydrogen (secondary N) is 2. The van der Waals surface area contributed by atoms with Crippen molar-refractivity contribution in [3.63, 3.8) is 0 Å². The molecule has 2 atom stereocenters. The van der Waals surface area contributed by atoms with E-state index in [0.717, 1.165) is 57.1 Å². The number of hydrogen-bond donors (Lipinski definition) is 3. The number of H-pyrrole nitrogens is 1. The smallest absolute Gasteiger partial charge is 0.185 e. The van der Waals surface area contributed by atoms with Gasteiger partial charge in [0.05, 0.1) is 42.5 Å². The lowest BCUT2D eigenvalue weighted by atomic mass is 10.1. The Labute approximate surface area is 542 Å². The number of imidazole rings is 5. The Hall–Kier alpha value is -8.84. The van der Waals surface area contributed by atoms with Crippen molar-refractivity contribution >= 4 is 58.4 Å². The van der Waals surface area contributed by atoms with E-state index in [1.54, 1.807) is 22.5 Å². The third kappa shape index (κ3) is 21.5. The Morgan fingerprint density at radius 2 is 0.955 bits per heavy atom. The highest BCUT2D eigenvalue weighted by Crippen LogP contribution is 2.29. The number of aldehydes is 2. The van der Waals surface area contributed by atoms with Crippen molar-refractivity contribution in [1.29, 1.82) is 0 Å². The van der Waals surface area contributed by atoms with Crippen LogP contribution in [0.2, 0.25) is 10.3 Å². The van der Waals surface area contributed by atoms with Crippen LogP contribution < -0.4 is 11.1 Å². The van der Waals surface area contributed by atoms with Crippen LogP contribution in [0.1, 0.15) is 79.0 Å². The van der Waals surface area contributed by atoms with Gasteiger partial charge in [-0.05, 0) is 35.5 Å². The number of benzene rings is 7. The van der Waals surface area contributed by atoms with E-state index in [2.05, 4.69) is 96.1 Å². The molecule has 5 heterocycles. The molecular weight excluding hydrogens is 1250 g/mol. The summed E-state index contributed by atoms with van der Waals surface area (Å²) in [5.41, 5.74) is 17.8. The predicted molar refractivity (Wildman–Crippen MR) is 374 cm³/mol. The Morgan fingerprint density at radius 3 is 1.35 bits per heavy atom. The minimum Gasteiger partial charge on any atom is -0.345 e. The lowest BCUT2D eigenvalue weighted by molar-refractivity contribution is 0.110. The van der Waals surface area contributed by atoms with E-state index in [1.807, 2.05) is 243 Å². The summed E-state index contributed by atoms with van der Waals surface area (Å²) in [4.78, 5) is 47.5. The third-order valence-electron chi connectivity index (χ3n) is 13.0. The van der Waals surface area contributed by atoms with E-state index in [9.17, 15) is 9.59 Å². The van der Waals surface area contributed by atoms with Gasteiger partial charge in [0, 0.05) is 74.9 Å². The molecule has 0 aliphatic carbocycles. The van der Waals surface area contributed by atoms with Gasteiger partial charge in [0.15, 0.2) is 24.2 Å². The first-order chi connectivity index (χ1) is 41.8. The summed E-state index contributed by atoms with van der Waals surface area (Å²) < 4.78 is 7.17. The first-order valence-electron chi connectivity index (χ1n) is 27.4. The maximum atomic E-state index is 10.7. The number of carbonyl (C=O) groups is 2. The van der Waals surface area contributed by atoms with Crippen LogP contribution in [0.3, 0.4) is 0 Å². The van der Waals surface area contributed by atoms with E-state index in [0.29, 0.717) is 40.5 Å². The molecule has 0 aliphatic rings. The van der Waals surface area contributed by atoms with Crippen LogP contribution in [0.25, 0.3) is 56.3 Å². The third-order valence-corrected chi connectivity index (χ3v) is 13.9. The quantitative estimate of drug-likeness (QED) is 0.0611. The van der Waals surface area contributed by atoms with Gasteiger partial charge < -0.3 is 34.3 Å². The monoisotopic (exact) mass is 1330 g/mol. The first kappa shape index (κ1) is 71.6. The fourth-order valence-corrected chi connectivity index (χ4v) is 8.73. The minimum atomic E-state index is 0. The highest BCUT2D eigenvalue weighted by atomic mass is 127. The molecule has 14 nitrogen and oxygen atoms in total. The number of rotatable bonds is 12. The van der Waals surface area contributed by atoms with Crippen molar-refractivity contribution in [2.75, 3.05) is 4.93 Å². The summed E-state index contributed by atoms with van der Waals surface area (Å²) in [6, 6.07) is 70.5. The predicted octanol–water partition coefficient (Wildman–Crippen LogP) is 17.2. The van der Waals surface area contributed by atoms with E-state index in [-0.39, 0.29) is 26.9 Å². The van der Waals surface area contributed by atoms with Crippen molar-refractivity contribution in [2.24, 2.45) is 33.9 Å². The molecule has 0 saturated carbocycles. The zero-order chi connectivity index (χ0) is 61.6. The number of aromatic amines is 1. The molecule has 4 N–H and O–H groups in total. The van der Waals surface area contributed by atoms with E-state index in [4.69, 9.17) is 33.9 Å². The largest absolute Gasteiger partial charge is 0.345 e. The maximum Gasteiger partial charge on any atom is 0.185 e. The summed E-state index contributed by atoms with van der Waals surface area (Å²) in [7, 11) is 7.44. The molecule has 456 valence electrons. The summed E-state index contributed by atoms with van der Waals surface area (Å²) >= 11 is 14.7. The lowest BCUT2D eigenvalue weighted by Gasteiger charge is -2.13. The standard InChI is InChI=1S/C19H20ClN3.C11H9ClN2O.C11H10N2O.C10H10N2.C9H8N2.C8H11N.CH3I.2CH4/c1-14(15-9-5-3-6-10-15)21-13-17-22-18(19(20)23(17)2)16-11-7-4-8-12-16;1-14-9(7-15)13-10(11(14)12)8-5-3-2-4-6-8;1-13-7-10(12-11(13)8-14)9-5-3-2-4-6-9;1-12-7-10(11-8-12)9-5-3-2-4-6-9;1-2-4-8(5-3-1)9-6-10-7-11-9;1-7(9)8-5-3-2-4-6-8;1-2;;/h3-12,14,21H,13H2,1-2H3;2-7H,1H3;2-8H,1H3;2-8H,1H3;1-7H,(H,10,11);2-7H,9H2,1H3;1H3;2*1H4/t;;;;;7-;;;/m.....1.../s1. The number of halogens is 3. The molecule has 0 amide bonds. The number of nitrogens with zero attached hydrogens (tertiary/aromatic N) is 9. The Balaban J connectivity index is 0.000000229. The number of carbonyl (C=O) groups excluding carboxylic acids is 2. The Kier molecular flexibility index (Phi) is 31.2. The highest BCUT2D eigenvalue weighted by Gasteiger charge is 2.16. The van der Waals surface area contributed by atoms with Gasteiger partial charge in [-0.3, -0.25) is 9.59 Å². The zero-order valence-corrected chi connectivity index (χ0v) is 52.8. The molecule has 0 aliphatic heterocycles. The molecule has 12 aromatic rings. The molecule has 17 heteroatoms. The van der Waals surface area contributed by atoms with Crippen LogP contribution in [0.15, 0.2) is 244 Å². The number of aromatic nitrogens is 10. The molecule has 0 bridgehead atoms. The van der Waals surface area contributed by atoms with Gasteiger partial charge in [-0.15, -0.1) is 0 Å². The van der Waals surface area contributed by atoms with Gasteiger partial charge in [0.2, 0.25) is 0 Å². The zero-order valence-electron chi connectivity index (χ0n) is 49.2. The first-order valence-corrected chi connectivity index (χ1v) is 30.3. The summed E-state index contributed by atoms with van der Waals surface area (Å²) in [5.74, 6) is 1.71.